The molecule has 0 spiro atoms. The first kappa shape index (κ1) is 16.6. The number of aliphatic hydroxyl groups is 6. The Morgan fingerprint density at radius 3 is 2.42 bits per heavy atom. The average molecular weight is 348 g/mol. The Morgan fingerprint density at radius 2 is 1.71 bits per heavy atom. The molecule has 0 aromatic carbocycles. The highest BCUT2D eigenvalue weighted by Crippen LogP contribution is 2.53. The van der Waals surface area contributed by atoms with Gasteiger partial charge in [-0.2, -0.15) is 0 Å². The van der Waals surface area contributed by atoms with E-state index in [2.05, 4.69) is 0 Å². The van der Waals surface area contributed by atoms with Gasteiger partial charge in [-0.1, -0.05) is 0 Å². The Bertz CT molecular complexity index is 526. The van der Waals surface area contributed by atoms with Gasteiger partial charge in [-0.15, -0.1) is 0 Å². The van der Waals surface area contributed by atoms with Crippen molar-refractivity contribution in [2.75, 3.05) is 6.61 Å². The van der Waals surface area contributed by atoms with Gasteiger partial charge in [-0.3, -0.25) is 0 Å². The fourth-order valence-corrected chi connectivity index (χ4v) is 3.72. The Labute approximate surface area is 136 Å². The normalized spacial score (nSPS) is 58.8. The summed E-state index contributed by atoms with van der Waals surface area (Å²) in [5, 5.41) is 59.5. The van der Waals surface area contributed by atoms with Gasteiger partial charge in [0.05, 0.1) is 24.9 Å². The van der Waals surface area contributed by atoms with E-state index in [9.17, 15) is 30.6 Å². The van der Waals surface area contributed by atoms with Crippen molar-refractivity contribution >= 4 is 0 Å². The van der Waals surface area contributed by atoms with Gasteiger partial charge < -0.3 is 49.6 Å². The van der Waals surface area contributed by atoms with Gasteiger partial charge in [0, 0.05) is 0 Å². The van der Waals surface area contributed by atoms with E-state index in [1.807, 2.05) is 0 Å². The van der Waals surface area contributed by atoms with Gasteiger partial charge in [-0.25, -0.2) is 0 Å². The Kier molecular flexibility index (Phi) is 3.88. The lowest BCUT2D eigenvalue weighted by molar-refractivity contribution is -0.347. The molecule has 2 saturated heterocycles. The van der Waals surface area contributed by atoms with Gasteiger partial charge in [0.15, 0.2) is 6.29 Å². The van der Waals surface area contributed by atoms with Crippen LogP contribution in [-0.4, -0.2) is 98.2 Å². The van der Waals surface area contributed by atoms with E-state index in [1.165, 1.54) is 12.3 Å². The number of aliphatic hydroxyl groups excluding tert-OH is 5. The molecule has 0 aromatic heterocycles. The second kappa shape index (κ2) is 5.59. The van der Waals surface area contributed by atoms with E-state index in [0.29, 0.717) is 0 Å². The highest BCUT2D eigenvalue weighted by Gasteiger charge is 2.72. The standard InChI is InChI=1S/C14H20O10/c15-3-4-6(16)7(17)8(18)13(22-4)24-12-5-9-10(23-9)11(19)14(5,20)1-2-21-12/h1-2,4-13,15-20H,3H2/t4-,5-,6-,7+,8-,9-,10-,11+,12+,13+,14+/m1/s1. The zero-order valence-corrected chi connectivity index (χ0v) is 12.5. The fraction of sp³-hybridized carbons (Fsp3) is 0.857. The van der Waals surface area contributed by atoms with Crippen molar-refractivity contribution in [2.45, 2.75) is 60.9 Å². The smallest absolute Gasteiger partial charge is 0.210 e. The van der Waals surface area contributed by atoms with E-state index in [-0.39, 0.29) is 0 Å². The minimum absolute atomic E-state index is 0.468. The molecule has 0 unspecified atom stereocenters. The van der Waals surface area contributed by atoms with Crippen molar-refractivity contribution in [3.8, 4) is 0 Å². The van der Waals surface area contributed by atoms with Crippen molar-refractivity contribution in [1.82, 2.24) is 0 Å². The van der Waals surface area contributed by atoms with Crippen LogP contribution in [0.1, 0.15) is 0 Å². The summed E-state index contributed by atoms with van der Waals surface area (Å²) in [6, 6.07) is 0. The average Bonchev–Trinajstić information content (AvgIpc) is 3.30. The second-order valence-corrected chi connectivity index (χ2v) is 6.56. The van der Waals surface area contributed by atoms with Crippen LogP contribution in [-0.2, 0) is 18.9 Å². The molecule has 6 N–H and O–H groups in total. The number of hydrogen-bond donors (Lipinski definition) is 6. The Morgan fingerprint density at radius 1 is 0.958 bits per heavy atom. The van der Waals surface area contributed by atoms with Crippen molar-refractivity contribution in [3.05, 3.63) is 12.3 Å². The molecule has 136 valence electrons. The molecule has 3 heterocycles. The summed E-state index contributed by atoms with van der Waals surface area (Å²) in [7, 11) is 0. The minimum atomic E-state index is -1.59. The molecule has 11 atom stereocenters. The molecular formula is C14H20O10. The summed E-state index contributed by atoms with van der Waals surface area (Å²) in [5.41, 5.74) is -1.59. The molecule has 4 aliphatic rings. The molecule has 0 bridgehead atoms. The van der Waals surface area contributed by atoms with Crippen molar-refractivity contribution in [1.29, 1.82) is 0 Å². The summed E-state index contributed by atoms with van der Waals surface area (Å²) < 4.78 is 21.4. The molecule has 10 nitrogen and oxygen atoms in total. The molecule has 24 heavy (non-hydrogen) atoms. The molecule has 1 saturated carbocycles. The highest BCUT2D eigenvalue weighted by atomic mass is 16.8. The second-order valence-electron chi connectivity index (χ2n) is 6.56. The van der Waals surface area contributed by atoms with Crippen molar-refractivity contribution in [3.63, 3.8) is 0 Å². The van der Waals surface area contributed by atoms with E-state index < -0.39 is 73.4 Å². The molecule has 3 fully saturated rings. The van der Waals surface area contributed by atoms with E-state index in [1.54, 1.807) is 0 Å². The van der Waals surface area contributed by atoms with Crippen LogP contribution in [0.15, 0.2) is 12.3 Å². The Balaban J connectivity index is 1.52. The monoisotopic (exact) mass is 348 g/mol. The highest BCUT2D eigenvalue weighted by molar-refractivity contribution is 5.25. The number of epoxide rings is 1. The maximum atomic E-state index is 10.6. The topological polar surface area (TPSA) is 162 Å². The molecule has 0 radical (unpaired) electrons. The summed E-state index contributed by atoms with van der Waals surface area (Å²) >= 11 is 0. The SMILES string of the molecule is OC[C@H]1O[C@@H](O[C@@H]2OC=C[C@]3(O)[C@@H]2[C@H]2O[C@H]2[C@@H]3O)[C@H](O)[C@@H](O)[C@@H]1O. The van der Waals surface area contributed by atoms with Crippen molar-refractivity contribution < 1.29 is 49.6 Å². The Hall–Kier alpha value is -0.820. The fourth-order valence-electron chi connectivity index (χ4n) is 3.72. The summed E-state index contributed by atoms with van der Waals surface area (Å²) in [6.45, 7) is -0.587. The maximum Gasteiger partial charge on any atom is 0.210 e. The zero-order chi connectivity index (χ0) is 17.2. The van der Waals surface area contributed by atoms with Crippen LogP contribution in [0.2, 0.25) is 0 Å². The van der Waals surface area contributed by atoms with Crippen LogP contribution >= 0.6 is 0 Å². The number of fused-ring (bicyclic) bond motifs is 3. The molecule has 4 rings (SSSR count). The summed E-state index contributed by atoms with van der Waals surface area (Å²) in [6.07, 6.45) is -7.94. The van der Waals surface area contributed by atoms with E-state index in [4.69, 9.17) is 18.9 Å². The van der Waals surface area contributed by atoms with Crippen molar-refractivity contribution in [2.24, 2.45) is 5.92 Å². The van der Waals surface area contributed by atoms with Crippen LogP contribution in [0.4, 0.5) is 0 Å². The number of rotatable bonds is 3. The van der Waals surface area contributed by atoms with Gasteiger partial charge >= 0.3 is 0 Å². The molecule has 0 amide bonds. The van der Waals surface area contributed by atoms with E-state index in [0.717, 1.165) is 0 Å². The molecule has 3 aliphatic heterocycles. The van der Waals surface area contributed by atoms with Crippen LogP contribution in [0.3, 0.4) is 0 Å². The third-order valence-electron chi connectivity index (χ3n) is 5.19. The predicted octanol–water partition coefficient (Wildman–Crippen LogP) is -3.84. The third kappa shape index (κ3) is 2.23. The predicted molar refractivity (Wildman–Crippen MR) is 72.0 cm³/mol. The van der Waals surface area contributed by atoms with Gasteiger partial charge in [-0.05, 0) is 6.08 Å². The zero-order valence-electron chi connectivity index (χ0n) is 12.5. The first-order chi connectivity index (χ1) is 11.4. The van der Waals surface area contributed by atoms with E-state index >= 15 is 0 Å². The first-order valence-electron chi connectivity index (χ1n) is 7.73. The molecule has 1 aliphatic carbocycles. The molecular weight excluding hydrogens is 328 g/mol. The summed E-state index contributed by atoms with van der Waals surface area (Å²) in [5.74, 6) is -0.755. The van der Waals surface area contributed by atoms with Gasteiger partial charge in [0.2, 0.25) is 6.29 Å². The largest absolute Gasteiger partial charge is 0.472 e. The van der Waals surface area contributed by atoms with Gasteiger partial charge in [0.1, 0.15) is 42.2 Å². The molecule has 0 aromatic rings. The first-order valence-corrected chi connectivity index (χ1v) is 7.73. The van der Waals surface area contributed by atoms with Crippen LogP contribution in [0, 0.1) is 5.92 Å². The minimum Gasteiger partial charge on any atom is -0.472 e. The maximum absolute atomic E-state index is 10.6. The number of ether oxygens (including phenoxy) is 4. The third-order valence-corrected chi connectivity index (χ3v) is 5.19. The quantitative estimate of drug-likeness (QED) is 0.279. The summed E-state index contributed by atoms with van der Waals surface area (Å²) in [4.78, 5) is 0. The van der Waals surface area contributed by atoms with Gasteiger partial charge in [0.25, 0.3) is 0 Å². The van der Waals surface area contributed by atoms with Crippen LogP contribution < -0.4 is 0 Å². The van der Waals surface area contributed by atoms with Crippen LogP contribution in [0.25, 0.3) is 0 Å². The lowest BCUT2D eigenvalue weighted by atomic mass is 9.86. The lowest BCUT2D eigenvalue weighted by Gasteiger charge is -2.44. The number of hydrogen-bond acceptors (Lipinski definition) is 10. The van der Waals surface area contributed by atoms with Crippen LogP contribution in [0.5, 0.6) is 0 Å². The molecule has 10 heteroatoms. The lowest BCUT2D eigenvalue weighted by Crippen LogP contribution is -2.61.